The predicted molar refractivity (Wildman–Crippen MR) is 50.2 cm³/mol. The summed E-state index contributed by atoms with van der Waals surface area (Å²) in [6.07, 6.45) is 3.92. The first-order valence-electron chi connectivity index (χ1n) is 4.08. The molecule has 0 radical (unpaired) electrons. The lowest BCUT2D eigenvalue weighted by Gasteiger charge is -1.95. The standard InChI is InChI=1S/C10H14O3/c1-3-4-5-6-7-8-9-13-10(11)12-2/h3H,1,4-6,9H2,2H3. The van der Waals surface area contributed by atoms with E-state index < -0.39 is 6.16 Å². The van der Waals surface area contributed by atoms with Gasteiger partial charge in [-0.1, -0.05) is 17.9 Å². The highest BCUT2D eigenvalue weighted by atomic mass is 16.7. The highest BCUT2D eigenvalue weighted by Gasteiger charge is 1.94. The average molecular weight is 182 g/mol. The molecule has 0 bridgehead atoms. The van der Waals surface area contributed by atoms with Crippen molar-refractivity contribution in [3.63, 3.8) is 0 Å². The van der Waals surface area contributed by atoms with E-state index in [0.29, 0.717) is 0 Å². The molecule has 13 heavy (non-hydrogen) atoms. The number of methoxy groups -OCH3 is 1. The Morgan fingerprint density at radius 2 is 2.31 bits per heavy atom. The molecule has 0 spiro atoms. The van der Waals surface area contributed by atoms with Gasteiger partial charge in [0.1, 0.15) is 0 Å². The van der Waals surface area contributed by atoms with Crippen LogP contribution in [0.2, 0.25) is 0 Å². The van der Waals surface area contributed by atoms with E-state index in [1.807, 2.05) is 6.08 Å². The summed E-state index contributed by atoms with van der Waals surface area (Å²) in [5.74, 6) is 5.57. The molecule has 0 aromatic carbocycles. The Balaban J connectivity index is 3.29. The van der Waals surface area contributed by atoms with Gasteiger partial charge in [-0.3, -0.25) is 0 Å². The average Bonchev–Trinajstić information content (AvgIpc) is 2.16. The van der Waals surface area contributed by atoms with Gasteiger partial charge in [0.15, 0.2) is 6.61 Å². The summed E-state index contributed by atoms with van der Waals surface area (Å²) >= 11 is 0. The Morgan fingerprint density at radius 3 is 2.92 bits per heavy atom. The van der Waals surface area contributed by atoms with Crippen molar-refractivity contribution < 1.29 is 14.3 Å². The summed E-state index contributed by atoms with van der Waals surface area (Å²) in [5, 5.41) is 0. The summed E-state index contributed by atoms with van der Waals surface area (Å²) in [5.41, 5.74) is 0. The van der Waals surface area contributed by atoms with E-state index in [0.717, 1.165) is 19.3 Å². The zero-order chi connectivity index (χ0) is 9.94. The smallest absolute Gasteiger partial charge is 0.438 e. The van der Waals surface area contributed by atoms with Gasteiger partial charge in [-0.05, 0) is 12.8 Å². The SMILES string of the molecule is C=CCCCC#CCOC(=O)OC. The quantitative estimate of drug-likeness (QED) is 0.289. The van der Waals surface area contributed by atoms with Gasteiger partial charge in [-0.2, -0.15) is 0 Å². The van der Waals surface area contributed by atoms with E-state index in [2.05, 4.69) is 27.9 Å². The normalized spacial score (nSPS) is 8.08. The second kappa shape index (κ2) is 8.66. The molecule has 0 aliphatic heterocycles. The predicted octanol–water partition coefficient (Wildman–Crippen LogP) is 2.13. The summed E-state index contributed by atoms with van der Waals surface area (Å²) < 4.78 is 8.80. The number of allylic oxidation sites excluding steroid dienone is 1. The van der Waals surface area contributed by atoms with Crippen molar-refractivity contribution in [3.8, 4) is 11.8 Å². The molecular formula is C10H14O3. The van der Waals surface area contributed by atoms with Crippen LogP contribution >= 0.6 is 0 Å². The maximum absolute atomic E-state index is 10.4. The fourth-order valence-corrected chi connectivity index (χ4v) is 0.628. The van der Waals surface area contributed by atoms with Gasteiger partial charge in [0.05, 0.1) is 7.11 Å². The number of unbranched alkanes of at least 4 members (excludes halogenated alkanes) is 2. The van der Waals surface area contributed by atoms with Crippen molar-refractivity contribution in [3.05, 3.63) is 12.7 Å². The molecule has 0 saturated carbocycles. The Kier molecular flexibility index (Phi) is 7.71. The second-order valence-electron chi connectivity index (χ2n) is 2.28. The Bertz CT molecular complexity index is 210. The minimum Gasteiger partial charge on any atom is -0.438 e. The number of hydrogen-bond donors (Lipinski definition) is 0. The van der Waals surface area contributed by atoms with Crippen LogP contribution < -0.4 is 0 Å². The van der Waals surface area contributed by atoms with Gasteiger partial charge in [-0.25, -0.2) is 4.79 Å². The van der Waals surface area contributed by atoms with Crippen LogP contribution in [-0.2, 0) is 9.47 Å². The first-order valence-corrected chi connectivity index (χ1v) is 4.08. The molecule has 3 heteroatoms. The van der Waals surface area contributed by atoms with Gasteiger partial charge >= 0.3 is 6.16 Å². The fourth-order valence-electron chi connectivity index (χ4n) is 0.628. The molecule has 0 aromatic heterocycles. The minimum absolute atomic E-state index is 0.0980. The minimum atomic E-state index is -0.694. The third-order valence-electron chi connectivity index (χ3n) is 1.26. The summed E-state index contributed by atoms with van der Waals surface area (Å²) in [7, 11) is 1.26. The van der Waals surface area contributed by atoms with Crippen molar-refractivity contribution >= 4 is 6.16 Å². The van der Waals surface area contributed by atoms with Crippen LogP contribution in [0.25, 0.3) is 0 Å². The summed E-state index contributed by atoms with van der Waals surface area (Å²) in [4.78, 5) is 10.4. The van der Waals surface area contributed by atoms with E-state index in [1.54, 1.807) is 0 Å². The van der Waals surface area contributed by atoms with Gasteiger partial charge in [-0.15, -0.1) is 6.58 Å². The first kappa shape index (κ1) is 11.6. The fraction of sp³-hybridized carbons (Fsp3) is 0.500. The number of carbonyl (C=O) groups is 1. The van der Waals surface area contributed by atoms with Crippen molar-refractivity contribution in [2.45, 2.75) is 19.3 Å². The van der Waals surface area contributed by atoms with Crippen molar-refractivity contribution in [1.29, 1.82) is 0 Å². The molecule has 0 unspecified atom stereocenters. The Morgan fingerprint density at radius 1 is 1.54 bits per heavy atom. The van der Waals surface area contributed by atoms with E-state index in [1.165, 1.54) is 7.11 Å². The summed E-state index contributed by atoms with van der Waals surface area (Å²) in [6, 6.07) is 0. The molecule has 3 nitrogen and oxygen atoms in total. The van der Waals surface area contributed by atoms with Crippen molar-refractivity contribution in [1.82, 2.24) is 0 Å². The van der Waals surface area contributed by atoms with Crippen LogP contribution in [0.15, 0.2) is 12.7 Å². The third kappa shape index (κ3) is 8.48. The maximum Gasteiger partial charge on any atom is 0.508 e. The largest absolute Gasteiger partial charge is 0.508 e. The van der Waals surface area contributed by atoms with Crippen LogP contribution in [-0.4, -0.2) is 19.9 Å². The van der Waals surface area contributed by atoms with Gasteiger partial charge in [0, 0.05) is 6.42 Å². The highest BCUT2D eigenvalue weighted by molar-refractivity contribution is 5.59. The van der Waals surface area contributed by atoms with Crippen LogP contribution in [0.5, 0.6) is 0 Å². The lowest BCUT2D eigenvalue weighted by atomic mass is 10.2. The zero-order valence-electron chi connectivity index (χ0n) is 7.84. The topological polar surface area (TPSA) is 35.5 Å². The molecule has 0 aliphatic carbocycles. The Labute approximate surface area is 78.7 Å². The van der Waals surface area contributed by atoms with Crippen molar-refractivity contribution in [2.24, 2.45) is 0 Å². The number of hydrogen-bond acceptors (Lipinski definition) is 3. The highest BCUT2D eigenvalue weighted by Crippen LogP contribution is 1.92. The van der Waals surface area contributed by atoms with Crippen LogP contribution in [0.4, 0.5) is 4.79 Å². The molecule has 0 amide bonds. The molecule has 0 N–H and O–H groups in total. The molecular weight excluding hydrogens is 168 g/mol. The second-order valence-corrected chi connectivity index (χ2v) is 2.28. The first-order chi connectivity index (χ1) is 6.31. The molecule has 0 saturated heterocycles. The molecule has 0 aromatic rings. The number of carbonyl (C=O) groups excluding carboxylic acids is 1. The van der Waals surface area contributed by atoms with Gasteiger partial charge < -0.3 is 9.47 Å². The monoisotopic (exact) mass is 182 g/mol. The van der Waals surface area contributed by atoms with Gasteiger partial charge in [0.25, 0.3) is 0 Å². The van der Waals surface area contributed by atoms with Crippen LogP contribution in [0.3, 0.4) is 0 Å². The van der Waals surface area contributed by atoms with E-state index >= 15 is 0 Å². The molecule has 0 rings (SSSR count). The number of rotatable bonds is 4. The maximum atomic E-state index is 10.4. The van der Waals surface area contributed by atoms with E-state index in [9.17, 15) is 4.79 Å². The third-order valence-corrected chi connectivity index (χ3v) is 1.26. The molecule has 0 atom stereocenters. The molecule has 0 aliphatic rings. The van der Waals surface area contributed by atoms with Crippen molar-refractivity contribution in [2.75, 3.05) is 13.7 Å². The molecule has 0 heterocycles. The van der Waals surface area contributed by atoms with Crippen LogP contribution in [0.1, 0.15) is 19.3 Å². The lowest BCUT2D eigenvalue weighted by Crippen LogP contribution is -2.03. The Hall–Kier alpha value is -1.43. The molecule has 72 valence electrons. The van der Waals surface area contributed by atoms with Gasteiger partial charge in [0.2, 0.25) is 0 Å². The lowest BCUT2D eigenvalue weighted by molar-refractivity contribution is 0.0832. The molecule has 0 fully saturated rings. The zero-order valence-corrected chi connectivity index (χ0v) is 7.84. The summed E-state index contributed by atoms with van der Waals surface area (Å²) in [6.45, 7) is 3.69. The van der Waals surface area contributed by atoms with E-state index in [-0.39, 0.29) is 6.61 Å². The van der Waals surface area contributed by atoms with E-state index in [4.69, 9.17) is 0 Å². The van der Waals surface area contributed by atoms with Crippen LogP contribution in [0, 0.1) is 11.8 Å². The number of ether oxygens (including phenoxy) is 2.